The fraction of sp³-hybridized carbons (Fsp3) is 0.463. The number of rotatable bonds is 6. The second-order valence-electron chi connectivity index (χ2n) is 14.6. The van der Waals surface area contributed by atoms with Gasteiger partial charge in [-0.25, -0.2) is 9.80 Å². The van der Waals surface area contributed by atoms with Crippen LogP contribution in [0.25, 0.3) is 0 Å². The van der Waals surface area contributed by atoms with E-state index in [2.05, 4.69) is 27.7 Å². The predicted octanol–water partition coefficient (Wildman–Crippen LogP) is 7.50. The maximum absolute atomic E-state index is 13.2. The molecular weight excluding hydrogens is 616 g/mol. The third-order valence-electron chi connectivity index (χ3n) is 9.96. The highest BCUT2D eigenvalue weighted by atomic mass is 16.5. The zero-order valence-electron chi connectivity index (χ0n) is 29.0. The molecule has 4 amide bonds. The van der Waals surface area contributed by atoms with E-state index in [0.29, 0.717) is 23.2 Å². The molecule has 0 radical (unpaired) electrons. The summed E-state index contributed by atoms with van der Waals surface area (Å²) in [7, 11) is 0. The van der Waals surface area contributed by atoms with Crippen LogP contribution < -0.4 is 9.80 Å². The highest BCUT2D eigenvalue weighted by Crippen LogP contribution is 2.47. The van der Waals surface area contributed by atoms with Gasteiger partial charge in [-0.1, -0.05) is 94.8 Å². The quantitative estimate of drug-likeness (QED) is 0.234. The van der Waals surface area contributed by atoms with Gasteiger partial charge in [-0.2, -0.15) is 0 Å². The Balaban J connectivity index is 0.000000192. The molecule has 5 aliphatic rings. The van der Waals surface area contributed by atoms with E-state index in [4.69, 9.17) is 9.47 Å². The Morgan fingerprint density at radius 3 is 1.18 bits per heavy atom. The minimum atomic E-state index is -0.460. The van der Waals surface area contributed by atoms with Gasteiger partial charge in [0.15, 0.2) is 0 Å². The van der Waals surface area contributed by atoms with Crippen molar-refractivity contribution in [2.45, 2.75) is 99.1 Å². The van der Waals surface area contributed by atoms with Gasteiger partial charge in [-0.3, -0.25) is 19.2 Å². The molecule has 8 heteroatoms. The summed E-state index contributed by atoms with van der Waals surface area (Å²) in [5, 5.41) is 0. The zero-order chi connectivity index (χ0) is 34.6. The normalized spacial score (nSPS) is 29.3. The van der Waals surface area contributed by atoms with E-state index >= 15 is 0 Å². The summed E-state index contributed by atoms with van der Waals surface area (Å²) in [5.41, 5.74) is 5.86. The first-order valence-corrected chi connectivity index (χ1v) is 17.0. The smallest absolute Gasteiger partial charge is 0.240 e. The van der Waals surface area contributed by atoms with Gasteiger partial charge >= 0.3 is 0 Å². The molecule has 0 aliphatic carbocycles. The van der Waals surface area contributed by atoms with Crippen molar-refractivity contribution in [3.63, 3.8) is 0 Å². The number of carbonyl (C=O) groups excluding carboxylic acids is 4. The highest BCUT2D eigenvalue weighted by molar-refractivity contribution is 6.23. The third kappa shape index (κ3) is 6.49. The average Bonchev–Trinajstić information content (AvgIpc) is 3.83. The van der Waals surface area contributed by atoms with Crippen molar-refractivity contribution < 1.29 is 28.7 Å². The molecule has 5 aliphatic heterocycles. The Morgan fingerprint density at radius 1 is 0.551 bits per heavy atom. The monoisotopic (exact) mass is 666 g/mol. The van der Waals surface area contributed by atoms with Gasteiger partial charge < -0.3 is 9.47 Å². The number of fused-ring (bicyclic) bond motifs is 6. The van der Waals surface area contributed by atoms with Crippen LogP contribution in [0.5, 0.6) is 0 Å². The van der Waals surface area contributed by atoms with Crippen LogP contribution in [0.2, 0.25) is 0 Å². The van der Waals surface area contributed by atoms with Gasteiger partial charge in [-0.05, 0) is 74.9 Å². The van der Waals surface area contributed by atoms with Crippen LogP contribution >= 0.6 is 0 Å². The summed E-state index contributed by atoms with van der Waals surface area (Å²) in [5.74, 6) is -1.33. The van der Waals surface area contributed by atoms with Crippen LogP contribution in [0.1, 0.15) is 85.8 Å². The van der Waals surface area contributed by atoms with E-state index < -0.39 is 11.8 Å². The Hall–Kier alpha value is -4.14. The Kier molecular flexibility index (Phi) is 10.3. The van der Waals surface area contributed by atoms with Crippen molar-refractivity contribution in [2.24, 2.45) is 23.7 Å². The first-order valence-electron chi connectivity index (χ1n) is 17.0. The Labute approximate surface area is 290 Å². The summed E-state index contributed by atoms with van der Waals surface area (Å²) in [6.45, 7) is 16.4. The molecule has 0 saturated carbocycles. The minimum absolute atomic E-state index is 0. The van der Waals surface area contributed by atoms with Crippen LogP contribution in [0.3, 0.4) is 0 Å². The average molecular weight is 667 g/mol. The third-order valence-corrected chi connectivity index (χ3v) is 9.96. The molecule has 0 aromatic heterocycles. The zero-order valence-corrected chi connectivity index (χ0v) is 29.0. The summed E-state index contributed by atoms with van der Waals surface area (Å²) in [6.07, 6.45) is 6.56. The first-order chi connectivity index (χ1) is 22.8. The molecule has 2 bridgehead atoms. The number of imide groups is 2. The molecule has 4 fully saturated rings. The van der Waals surface area contributed by atoms with E-state index in [-0.39, 0.29) is 67.3 Å². The van der Waals surface area contributed by atoms with Crippen molar-refractivity contribution in [2.75, 3.05) is 9.80 Å². The van der Waals surface area contributed by atoms with E-state index in [1.165, 1.54) is 20.9 Å². The molecule has 8 nitrogen and oxygen atoms in total. The molecule has 5 heterocycles. The van der Waals surface area contributed by atoms with Crippen LogP contribution in [0.4, 0.5) is 11.4 Å². The number of anilines is 2. The van der Waals surface area contributed by atoms with Crippen molar-refractivity contribution >= 4 is 35.0 Å². The second kappa shape index (κ2) is 14.0. The number of nitrogens with zero attached hydrogens (tertiary/aromatic N) is 2. The van der Waals surface area contributed by atoms with E-state index in [9.17, 15) is 19.2 Å². The minimum Gasteiger partial charge on any atom is -0.365 e. The number of benzene rings is 2. The van der Waals surface area contributed by atoms with Crippen molar-refractivity contribution in [1.82, 2.24) is 0 Å². The van der Waals surface area contributed by atoms with Crippen LogP contribution in [0, 0.1) is 23.7 Å². The van der Waals surface area contributed by atoms with E-state index in [1.807, 2.05) is 101 Å². The molecular formula is C41H50N2O6. The SMILES string of the molecule is C.CC(C)=CC1OC(C=C(C)C)C2C(=O)N(c3ccc(C(C)C)cc3)C(=O)C12.CC(C)c1ccc(N2C(=O)C3C4C=CC(O4)C3C2=O)cc1. The number of hydrogen-bond acceptors (Lipinski definition) is 6. The van der Waals surface area contributed by atoms with E-state index in [0.717, 1.165) is 11.1 Å². The molecule has 8 atom stereocenters. The van der Waals surface area contributed by atoms with Crippen molar-refractivity contribution in [3.8, 4) is 0 Å². The molecule has 49 heavy (non-hydrogen) atoms. The number of allylic oxidation sites excluding steroid dienone is 2. The molecule has 2 aromatic carbocycles. The van der Waals surface area contributed by atoms with Gasteiger partial charge in [0, 0.05) is 0 Å². The number of ether oxygens (including phenoxy) is 2. The fourth-order valence-corrected chi connectivity index (χ4v) is 7.53. The lowest BCUT2D eigenvalue weighted by Crippen LogP contribution is -2.35. The van der Waals surface area contributed by atoms with Crippen LogP contribution in [-0.4, -0.2) is 48.0 Å². The number of hydrogen-bond donors (Lipinski definition) is 0. The topological polar surface area (TPSA) is 93.2 Å². The molecule has 8 unspecified atom stereocenters. The predicted molar refractivity (Wildman–Crippen MR) is 192 cm³/mol. The molecule has 2 aromatic rings. The molecule has 4 saturated heterocycles. The number of amides is 4. The van der Waals surface area contributed by atoms with Crippen molar-refractivity contribution in [3.05, 3.63) is 95.1 Å². The van der Waals surface area contributed by atoms with Gasteiger partial charge in [0.05, 0.1) is 59.5 Å². The molecule has 0 spiro atoms. The second-order valence-corrected chi connectivity index (χ2v) is 14.6. The standard InChI is InChI=1S/C23H29NO3.C17H17NO3.CH4/c1-13(2)11-18-20-21(19(27-18)12-14(3)4)23(26)24(22(20)25)17-9-7-16(8-10-17)15(5)6;1-9(2)10-3-5-11(6-4-10)18-16(19)14-12-7-8-13(21-12)15(14)17(18)20;/h7-12,15,18-21H,1-6H3;3-9,12-15H,1-2H3;1H4. The summed E-state index contributed by atoms with van der Waals surface area (Å²) < 4.78 is 11.7. The van der Waals surface area contributed by atoms with Gasteiger partial charge in [0.1, 0.15) is 0 Å². The lowest BCUT2D eigenvalue weighted by Gasteiger charge is -2.20. The molecule has 7 rings (SSSR count). The van der Waals surface area contributed by atoms with Crippen LogP contribution in [-0.2, 0) is 28.7 Å². The number of carbonyl (C=O) groups is 4. The largest absolute Gasteiger partial charge is 0.365 e. The summed E-state index contributed by atoms with van der Waals surface area (Å²) in [4.78, 5) is 54.3. The van der Waals surface area contributed by atoms with Crippen molar-refractivity contribution in [1.29, 1.82) is 0 Å². The van der Waals surface area contributed by atoms with E-state index in [1.54, 1.807) is 0 Å². The van der Waals surface area contributed by atoms with Gasteiger partial charge in [0.25, 0.3) is 0 Å². The van der Waals surface area contributed by atoms with Crippen LogP contribution in [0.15, 0.2) is 84.0 Å². The Morgan fingerprint density at radius 2 is 0.878 bits per heavy atom. The van der Waals surface area contributed by atoms with Gasteiger partial charge in [0.2, 0.25) is 23.6 Å². The first kappa shape index (κ1) is 36.1. The fourth-order valence-electron chi connectivity index (χ4n) is 7.53. The van der Waals surface area contributed by atoms with Gasteiger partial charge in [-0.15, -0.1) is 0 Å². The molecule has 0 N–H and O–H groups in total. The Bertz CT molecular complexity index is 1620. The maximum Gasteiger partial charge on any atom is 0.240 e. The molecule has 260 valence electrons. The highest BCUT2D eigenvalue weighted by Gasteiger charge is 2.61. The maximum atomic E-state index is 13.2. The summed E-state index contributed by atoms with van der Waals surface area (Å²) in [6, 6.07) is 15.4. The lowest BCUT2D eigenvalue weighted by molar-refractivity contribution is -0.126. The summed E-state index contributed by atoms with van der Waals surface area (Å²) >= 11 is 0. The lowest BCUT2D eigenvalue weighted by atomic mass is 9.85.